The van der Waals surface area contributed by atoms with Crippen molar-refractivity contribution in [1.82, 2.24) is 24.6 Å². The van der Waals surface area contributed by atoms with Gasteiger partial charge >= 0.3 is 13.7 Å². The van der Waals surface area contributed by atoms with Gasteiger partial charge in [-0.1, -0.05) is 20.8 Å². The lowest BCUT2D eigenvalue weighted by Gasteiger charge is -2.19. The van der Waals surface area contributed by atoms with Gasteiger partial charge < -0.3 is 24.8 Å². The van der Waals surface area contributed by atoms with Gasteiger partial charge in [-0.15, -0.1) is 0 Å². The average Bonchev–Trinajstić information content (AvgIpc) is 3.32. The second-order valence-corrected chi connectivity index (χ2v) is 9.67. The fraction of sp³-hybridized carbons (Fsp3) is 0.684. The number of rotatable bonds is 11. The topological polar surface area (TPSA) is 173 Å². The Morgan fingerprint density at radius 2 is 2.21 bits per heavy atom. The summed E-state index contributed by atoms with van der Waals surface area (Å²) in [6.45, 7) is 7.50. The first-order valence-corrected chi connectivity index (χ1v) is 12.4. The van der Waals surface area contributed by atoms with E-state index in [0.29, 0.717) is 30.1 Å². The van der Waals surface area contributed by atoms with Gasteiger partial charge in [-0.3, -0.25) is 13.9 Å². The Balaban J connectivity index is 1.57. The van der Waals surface area contributed by atoms with E-state index in [1.54, 1.807) is 24.7 Å². The van der Waals surface area contributed by atoms with Crippen LogP contribution in [0.3, 0.4) is 0 Å². The van der Waals surface area contributed by atoms with Crippen LogP contribution in [0.15, 0.2) is 6.33 Å². The molecule has 2 aromatic rings. The number of anilines is 1. The van der Waals surface area contributed by atoms with E-state index < -0.39 is 20.1 Å². The number of esters is 1. The molecule has 4 atom stereocenters. The summed E-state index contributed by atoms with van der Waals surface area (Å²) in [6, 6.07) is 0. The van der Waals surface area contributed by atoms with Gasteiger partial charge in [0.25, 0.3) is 0 Å². The Morgan fingerprint density at radius 3 is 2.91 bits per heavy atom. The van der Waals surface area contributed by atoms with Crippen LogP contribution in [0.25, 0.3) is 11.2 Å². The van der Waals surface area contributed by atoms with E-state index in [1.165, 1.54) is 0 Å². The van der Waals surface area contributed by atoms with Gasteiger partial charge in [0.2, 0.25) is 11.8 Å². The Hall–Kier alpha value is -2.31. The molecule has 2 aromatic heterocycles. The van der Waals surface area contributed by atoms with Gasteiger partial charge in [-0.25, -0.2) is 14.6 Å². The molecule has 13 nitrogen and oxygen atoms in total. The number of carbonyl (C=O) groups is 1. The standard InChI is InChI=1S/C19H31N6O7P/c1-5-29-16-14-15(23-19(20)24-16)25(10-21-14)17-12(4)8-13(32-17)9-31-33(27,28)22-6-7-30-18(26)11(2)3/h10-13,17H,5-9H2,1-4H3,(H2,20,23,24)(H2,22,27,28). The molecular weight excluding hydrogens is 455 g/mol. The van der Waals surface area contributed by atoms with Crippen LogP contribution in [0.1, 0.15) is 40.3 Å². The third-order valence-corrected chi connectivity index (χ3v) is 6.10. The molecular formula is C19H31N6O7P. The van der Waals surface area contributed by atoms with Crippen molar-refractivity contribution in [3.8, 4) is 5.88 Å². The van der Waals surface area contributed by atoms with E-state index in [2.05, 4.69) is 20.0 Å². The van der Waals surface area contributed by atoms with Crippen LogP contribution in [0.5, 0.6) is 5.88 Å². The largest absolute Gasteiger partial charge is 0.476 e. The number of nitrogens with zero attached hydrogens (tertiary/aromatic N) is 4. The van der Waals surface area contributed by atoms with Crippen LogP contribution in [-0.4, -0.2) is 62.9 Å². The molecule has 0 radical (unpaired) electrons. The molecule has 4 N–H and O–H groups in total. The molecule has 0 amide bonds. The summed E-state index contributed by atoms with van der Waals surface area (Å²) in [5.74, 6) is -0.236. The molecule has 33 heavy (non-hydrogen) atoms. The molecule has 4 unspecified atom stereocenters. The molecule has 0 spiro atoms. The van der Waals surface area contributed by atoms with Gasteiger partial charge in [0, 0.05) is 12.5 Å². The summed E-state index contributed by atoms with van der Waals surface area (Å²) in [6.07, 6.45) is 1.33. The predicted molar refractivity (Wildman–Crippen MR) is 118 cm³/mol. The molecule has 0 saturated carbocycles. The summed E-state index contributed by atoms with van der Waals surface area (Å²) in [7, 11) is -4.08. The van der Waals surface area contributed by atoms with Crippen molar-refractivity contribution in [3.63, 3.8) is 0 Å². The Kier molecular flexibility index (Phi) is 8.24. The van der Waals surface area contributed by atoms with E-state index in [-0.39, 0.29) is 43.5 Å². The van der Waals surface area contributed by atoms with Crippen molar-refractivity contribution in [2.24, 2.45) is 11.8 Å². The predicted octanol–water partition coefficient (Wildman–Crippen LogP) is 1.64. The van der Waals surface area contributed by atoms with E-state index in [0.717, 1.165) is 0 Å². The summed E-state index contributed by atoms with van der Waals surface area (Å²) >= 11 is 0. The first kappa shape index (κ1) is 25.3. The van der Waals surface area contributed by atoms with E-state index in [1.807, 2.05) is 13.8 Å². The highest BCUT2D eigenvalue weighted by atomic mass is 31.2. The van der Waals surface area contributed by atoms with Crippen molar-refractivity contribution in [2.75, 3.05) is 32.1 Å². The normalized spacial score (nSPS) is 22.5. The lowest BCUT2D eigenvalue weighted by Crippen LogP contribution is -2.23. The van der Waals surface area contributed by atoms with E-state index in [4.69, 9.17) is 24.5 Å². The summed E-state index contributed by atoms with van der Waals surface area (Å²) in [4.78, 5) is 34.1. The third-order valence-electron chi connectivity index (χ3n) is 4.98. The Bertz CT molecular complexity index is 1020. The van der Waals surface area contributed by atoms with E-state index >= 15 is 0 Å². The second-order valence-electron chi connectivity index (χ2n) is 8.05. The number of nitrogens with one attached hydrogen (secondary N) is 1. The third kappa shape index (κ3) is 6.39. The molecule has 0 bridgehead atoms. The maximum absolute atomic E-state index is 12.2. The molecule has 1 fully saturated rings. The number of carbonyl (C=O) groups excluding carboxylic acids is 1. The number of imidazole rings is 1. The number of hydrogen-bond donors (Lipinski definition) is 3. The number of ether oxygens (including phenoxy) is 3. The molecule has 184 valence electrons. The van der Waals surface area contributed by atoms with Crippen molar-refractivity contribution >= 4 is 30.8 Å². The van der Waals surface area contributed by atoms with Crippen molar-refractivity contribution in [3.05, 3.63) is 6.33 Å². The molecule has 0 aliphatic carbocycles. The van der Waals surface area contributed by atoms with Gasteiger partial charge in [0.05, 0.1) is 31.6 Å². The molecule has 1 aliphatic heterocycles. The van der Waals surface area contributed by atoms with Crippen LogP contribution in [0, 0.1) is 11.8 Å². The smallest absolute Gasteiger partial charge is 0.403 e. The van der Waals surface area contributed by atoms with Gasteiger partial charge in [-0.05, 0) is 13.3 Å². The monoisotopic (exact) mass is 486 g/mol. The molecule has 14 heteroatoms. The minimum atomic E-state index is -4.08. The minimum Gasteiger partial charge on any atom is -0.476 e. The average molecular weight is 486 g/mol. The molecule has 0 aromatic carbocycles. The lowest BCUT2D eigenvalue weighted by atomic mass is 10.1. The summed E-state index contributed by atoms with van der Waals surface area (Å²) < 4.78 is 35.7. The summed E-state index contributed by atoms with van der Waals surface area (Å²) in [5.41, 5.74) is 6.78. The molecule has 1 saturated heterocycles. The van der Waals surface area contributed by atoms with Crippen molar-refractivity contribution in [1.29, 1.82) is 0 Å². The quantitative estimate of drug-likeness (QED) is 0.238. The molecule has 1 aliphatic rings. The number of aromatic nitrogens is 4. The molecule has 3 rings (SSSR count). The number of nitrogens with two attached hydrogens (primary N) is 1. The van der Waals surface area contributed by atoms with Crippen molar-refractivity contribution < 1.29 is 33.0 Å². The molecule has 3 heterocycles. The highest BCUT2D eigenvalue weighted by Crippen LogP contribution is 2.41. The number of fused-ring (bicyclic) bond motifs is 1. The lowest BCUT2D eigenvalue weighted by molar-refractivity contribution is -0.147. The van der Waals surface area contributed by atoms with E-state index in [9.17, 15) is 14.3 Å². The SMILES string of the molecule is CCOc1nc(N)nc2c1ncn2C1OC(COP(=O)(O)NCCOC(=O)C(C)C)CC1C. The highest BCUT2D eigenvalue weighted by Gasteiger charge is 2.36. The number of hydrogen-bond acceptors (Lipinski definition) is 10. The minimum absolute atomic E-state index is 0.0128. The summed E-state index contributed by atoms with van der Waals surface area (Å²) in [5, 5.41) is 2.37. The maximum Gasteiger partial charge on any atom is 0.403 e. The van der Waals surface area contributed by atoms with Crippen LogP contribution in [-0.2, 0) is 23.4 Å². The number of nitrogen functional groups attached to an aromatic ring is 1. The zero-order chi connectivity index (χ0) is 24.2. The van der Waals surface area contributed by atoms with Crippen LogP contribution >= 0.6 is 7.75 Å². The highest BCUT2D eigenvalue weighted by molar-refractivity contribution is 7.50. The Morgan fingerprint density at radius 1 is 1.45 bits per heavy atom. The van der Waals surface area contributed by atoms with Crippen molar-refractivity contribution in [2.45, 2.75) is 46.4 Å². The van der Waals surface area contributed by atoms with Crippen LogP contribution < -0.4 is 15.6 Å². The van der Waals surface area contributed by atoms with Crippen LogP contribution in [0.2, 0.25) is 0 Å². The van der Waals surface area contributed by atoms with Crippen LogP contribution in [0.4, 0.5) is 5.95 Å². The Labute approximate surface area is 191 Å². The fourth-order valence-electron chi connectivity index (χ4n) is 3.43. The van der Waals surface area contributed by atoms with Gasteiger partial charge in [0.1, 0.15) is 12.8 Å². The zero-order valence-corrected chi connectivity index (χ0v) is 20.0. The maximum atomic E-state index is 12.2. The second kappa shape index (κ2) is 10.7. The first-order chi connectivity index (χ1) is 15.6. The van der Waals surface area contributed by atoms with Gasteiger partial charge in [-0.2, -0.15) is 9.97 Å². The zero-order valence-electron chi connectivity index (χ0n) is 19.1. The van der Waals surface area contributed by atoms with Gasteiger partial charge in [0.15, 0.2) is 11.2 Å². The first-order valence-electron chi connectivity index (χ1n) is 10.8. The fourth-order valence-corrected chi connectivity index (χ4v) is 4.26.